The van der Waals surface area contributed by atoms with Crippen molar-refractivity contribution in [3.8, 4) is 0 Å². The van der Waals surface area contributed by atoms with Crippen molar-refractivity contribution in [2.24, 2.45) is 17.8 Å². The maximum absolute atomic E-state index is 14.5. The predicted molar refractivity (Wildman–Crippen MR) is 240 cm³/mol. The molecule has 19 heteroatoms. The fourth-order valence-electron chi connectivity index (χ4n) is 6.82. The lowest BCUT2D eigenvalue weighted by molar-refractivity contribution is -0.153. The zero-order valence-electron chi connectivity index (χ0n) is 39.9. The van der Waals surface area contributed by atoms with E-state index >= 15 is 0 Å². The van der Waals surface area contributed by atoms with E-state index < -0.39 is 83.3 Å². The summed E-state index contributed by atoms with van der Waals surface area (Å²) in [4.78, 5) is 125. The Balaban J connectivity index is 6.70. The number of allylic oxidation sites excluding steroid dienone is 1. The van der Waals surface area contributed by atoms with Crippen LogP contribution in [0.1, 0.15) is 102 Å². The van der Waals surface area contributed by atoms with Crippen molar-refractivity contribution < 1.29 is 48.3 Å². The molecular formula is C43H76N8O10S. The fraction of sp³-hybridized carbons (Fsp3) is 0.744. The lowest BCUT2D eigenvalue weighted by atomic mass is 9.92. The number of hydrogen-bond acceptors (Lipinski definition) is 12. The molecule has 0 spiro atoms. The van der Waals surface area contributed by atoms with Gasteiger partial charge in [0.25, 0.3) is 5.91 Å². The average Bonchev–Trinajstić information content (AvgIpc) is 3.19. The van der Waals surface area contributed by atoms with Crippen LogP contribution in [-0.4, -0.2) is 167 Å². The van der Waals surface area contributed by atoms with Gasteiger partial charge in [0.1, 0.15) is 18.1 Å². The third kappa shape index (κ3) is 17.4. The first kappa shape index (κ1) is 57.6. The number of hydrogen-bond donors (Lipinski definition) is 5. The minimum Gasteiger partial charge on any atom is -0.481 e. The average molecular weight is 897 g/mol. The van der Waals surface area contributed by atoms with Crippen molar-refractivity contribution in [2.45, 2.75) is 144 Å². The second-order valence-corrected chi connectivity index (χ2v) is 18.4. The van der Waals surface area contributed by atoms with E-state index in [2.05, 4.69) is 21.3 Å². The highest BCUT2D eigenvalue weighted by Gasteiger charge is 2.46. The van der Waals surface area contributed by atoms with Crippen LogP contribution < -0.4 is 21.3 Å². The number of carbonyl (C=O) groups is 9. The number of carboxylic acids is 1. The quantitative estimate of drug-likeness (QED) is 0.0451. The molecule has 0 heterocycles. The molecule has 0 fully saturated rings. The summed E-state index contributed by atoms with van der Waals surface area (Å²) in [6.07, 6.45) is 3.16. The van der Waals surface area contributed by atoms with Gasteiger partial charge in [-0.05, 0) is 64.7 Å². The van der Waals surface area contributed by atoms with Gasteiger partial charge in [-0.25, -0.2) is 0 Å². The van der Waals surface area contributed by atoms with Gasteiger partial charge in [0, 0.05) is 47.4 Å². The molecule has 0 aliphatic carbocycles. The van der Waals surface area contributed by atoms with Crippen molar-refractivity contribution in [3.05, 3.63) is 11.6 Å². The summed E-state index contributed by atoms with van der Waals surface area (Å²) in [5, 5.41) is 20.3. The summed E-state index contributed by atoms with van der Waals surface area (Å²) in [6.45, 7) is 19.2. The molecule has 7 atom stereocenters. The SMILES string of the molecule is CCCC(=O)N(C)[C@H](CSCC(=O)O)C(=O)N(C)[C@](C=O)(CC(C)C)N[C@@H](C(=O)N(C)[C@@H](C=C(C)C)C(=O)NC(=O)[C@@H](C)N[C@@H](C)C(=O)N(C)[C@@H](CC(C)C)C(=O)NC)C(C)C. The third-order valence-corrected chi connectivity index (χ3v) is 11.4. The Morgan fingerprint density at radius 2 is 1.32 bits per heavy atom. The molecule has 7 amide bonds. The van der Waals surface area contributed by atoms with Crippen LogP contribution in [0.2, 0.25) is 0 Å². The molecular weight excluding hydrogens is 821 g/mol. The highest BCUT2D eigenvalue weighted by Crippen LogP contribution is 2.25. The summed E-state index contributed by atoms with van der Waals surface area (Å²) in [5.74, 6) is -6.08. The maximum atomic E-state index is 14.5. The van der Waals surface area contributed by atoms with Crippen molar-refractivity contribution >= 4 is 65.4 Å². The Kier molecular flexibility index (Phi) is 25.1. The number of carboxylic acid groups (broad SMARTS) is 1. The van der Waals surface area contributed by atoms with Gasteiger partial charge < -0.3 is 30.0 Å². The molecule has 0 saturated carbocycles. The summed E-state index contributed by atoms with van der Waals surface area (Å²) in [7, 11) is 7.24. The van der Waals surface area contributed by atoms with E-state index in [9.17, 15) is 48.3 Å². The van der Waals surface area contributed by atoms with Gasteiger partial charge in [-0.2, -0.15) is 0 Å². The molecule has 0 aromatic carbocycles. The van der Waals surface area contributed by atoms with Crippen molar-refractivity contribution in [3.63, 3.8) is 0 Å². The first-order valence-corrected chi connectivity index (χ1v) is 22.4. The molecule has 0 aromatic heterocycles. The zero-order valence-corrected chi connectivity index (χ0v) is 40.7. The van der Waals surface area contributed by atoms with Gasteiger partial charge >= 0.3 is 5.97 Å². The van der Waals surface area contributed by atoms with Crippen LogP contribution in [0, 0.1) is 17.8 Å². The van der Waals surface area contributed by atoms with E-state index in [1.807, 2.05) is 34.6 Å². The number of carbonyl (C=O) groups excluding carboxylic acids is 8. The number of aldehydes is 1. The van der Waals surface area contributed by atoms with E-state index in [1.54, 1.807) is 34.6 Å². The van der Waals surface area contributed by atoms with Crippen LogP contribution in [0.4, 0.5) is 0 Å². The van der Waals surface area contributed by atoms with Crippen LogP contribution in [0.5, 0.6) is 0 Å². The summed E-state index contributed by atoms with van der Waals surface area (Å²) < 4.78 is 0. The number of nitrogens with zero attached hydrogens (tertiary/aromatic N) is 4. The van der Waals surface area contributed by atoms with E-state index in [0.29, 0.717) is 24.7 Å². The van der Waals surface area contributed by atoms with Crippen molar-refractivity contribution in [1.29, 1.82) is 0 Å². The van der Waals surface area contributed by atoms with Crippen molar-refractivity contribution in [1.82, 2.24) is 40.9 Å². The number of nitrogens with one attached hydrogen (secondary N) is 4. The highest BCUT2D eigenvalue weighted by molar-refractivity contribution is 8.00. The Morgan fingerprint density at radius 3 is 1.77 bits per heavy atom. The summed E-state index contributed by atoms with van der Waals surface area (Å²) in [6, 6.07) is -6.34. The number of imide groups is 1. The summed E-state index contributed by atoms with van der Waals surface area (Å²) in [5.41, 5.74) is -1.16. The van der Waals surface area contributed by atoms with Gasteiger partial charge in [0.15, 0.2) is 11.9 Å². The normalized spacial score (nSPS) is 15.2. The standard InChI is InChI=1S/C43H76N8O10S/c1-17-18-34(53)48(13)33(22-62-23-35(54)55)41(60)51(16)43(24-52,21-27(6)7)47-36(28(8)9)42(61)50(15)32(20-26(4)5)39(58)46-37(56)29(10)45-30(11)40(59)49(14)31(19-25(2)3)38(57)44-12/h20,24-25,27-33,36,45,47H,17-19,21-23H2,1-16H3,(H,44,57)(H,54,55)(H,46,56,58)/t29-,30+,31+,32+,33-,36-,43+/m1/s1. The number of amides is 7. The molecule has 18 nitrogen and oxygen atoms in total. The molecule has 0 bridgehead atoms. The van der Waals surface area contributed by atoms with E-state index in [-0.39, 0.29) is 48.0 Å². The van der Waals surface area contributed by atoms with Gasteiger partial charge in [-0.1, -0.05) is 60.1 Å². The number of rotatable bonds is 27. The Hall–Kier alpha value is -4.36. The molecule has 0 aliphatic heterocycles. The molecule has 0 aromatic rings. The van der Waals surface area contributed by atoms with Gasteiger partial charge in [0.05, 0.1) is 23.9 Å². The lowest BCUT2D eigenvalue weighted by Gasteiger charge is -2.45. The second kappa shape index (κ2) is 27.0. The number of likely N-dealkylation sites (N-methyl/N-ethyl adjacent to an activating group) is 5. The van der Waals surface area contributed by atoms with Crippen molar-refractivity contribution in [2.75, 3.05) is 46.7 Å². The number of aliphatic carboxylic acids is 1. The number of thioether (sulfide) groups is 1. The molecule has 0 aliphatic rings. The van der Waals surface area contributed by atoms with Gasteiger partial charge in [-0.3, -0.25) is 59.1 Å². The molecule has 354 valence electrons. The predicted octanol–water partition coefficient (Wildman–Crippen LogP) is 1.87. The van der Waals surface area contributed by atoms with E-state index in [1.165, 1.54) is 62.9 Å². The lowest BCUT2D eigenvalue weighted by Crippen LogP contribution is -2.69. The molecule has 5 N–H and O–H groups in total. The monoisotopic (exact) mass is 897 g/mol. The van der Waals surface area contributed by atoms with E-state index in [0.717, 1.165) is 16.7 Å². The minimum atomic E-state index is -1.80. The molecule has 0 rings (SSSR count). The smallest absolute Gasteiger partial charge is 0.313 e. The first-order valence-electron chi connectivity index (χ1n) is 21.2. The highest BCUT2D eigenvalue weighted by atomic mass is 32.2. The molecule has 0 saturated heterocycles. The zero-order chi connectivity index (χ0) is 48.4. The molecule has 0 radical (unpaired) electrons. The Morgan fingerprint density at radius 1 is 0.742 bits per heavy atom. The topological polar surface area (TPSA) is 235 Å². The van der Waals surface area contributed by atoms with Crippen LogP contribution in [-0.2, 0) is 43.2 Å². The maximum Gasteiger partial charge on any atom is 0.313 e. The van der Waals surface area contributed by atoms with E-state index in [4.69, 9.17) is 0 Å². The van der Waals surface area contributed by atoms with Crippen LogP contribution in [0.3, 0.4) is 0 Å². The largest absolute Gasteiger partial charge is 0.481 e. The Bertz CT molecular complexity index is 1600. The minimum absolute atomic E-state index is 0.0404. The molecule has 62 heavy (non-hydrogen) atoms. The van der Waals surface area contributed by atoms with Crippen LogP contribution in [0.15, 0.2) is 11.6 Å². The van der Waals surface area contributed by atoms with Gasteiger partial charge in [-0.15, -0.1) is 11.8 Å². The first-order chi connectivity index (χ1) is 28.6. The second-order valence-electron chi connectivity index (χ2n) is 17.4. The fourth-order valence-corrected chi connectivity index (χ4v) is 7.71. The Labute approximate surface area is 373 Å². The van der Waals surface area contributed by atoms with Gasteiger partial charge in [0.2, 0.25) is 35.4 Å². The van der Waals surface area contributed by atoms with Crippen LogP contribution in [0.25, 0.3) is 0 Å². The van der Waals surface area contributed by atoms with Crippen LogP contribution >= 0.6 is 11.8 Å². The third-order valence-electron chi connectivity index (χ3n) is 10.4. The molecule has 0 unspecified atom stereocenters. The summed E-state index contributed by atoms with van der Waals surface area (Å²) >= 11 is 0.952.